The van der Waals surface area contributed by atoms with E-state index >= 15 is 0 Å². The summed E-state index contributed by atoms with van der Waals surface area (Å²) >= 11 is 0. The largest absolute Gasteiger partial charge is 0.301 e. The van der Waals surface area contributed by atoms with Crippen LogP contribution < -0.4 is 0 Å². The molecule has 0 spiro atoms. The van der Waals surface area contributed by atoms with Gasteiger partial charge in [-0.2, -0.15) is 10.5 Å². The number of hydrogen-bond acceptors (Lipinski definition) is 2. The normalized spacial score (nSPS) is 10.1. The van der Waals surface area contributed by atoms with Gasteiger partial charge in [-0.1, -0.05) is 36.4 Å². The van der Waals surface area contributed by atoms with Crippen molar-refractivity contribution < 1.29 is 0 Å². The van der Waals surface area contributed by atoms with E-state index in [1.165, 1.54) is 0 Å². The van der Waals surface area contributed by atoms with Crippen molar-refractivity contribution >= 4 is 10.9 Å². The van der Waals surface area contributed by atoms with Crippen LogP contribution in [0, 0.1) is 22.7 Å². The van der Waals surface area contributed by atoms with Crippen LogP contribution in [0.4, 0.5) is 0 Å². The molecule has 0 aliphatic heterocycles. The monoisotopic (exact) mass is 257 g/mol. The smallest absolute Gasteiger partial charge is 0.130 e. The topological polar surface area (TPSA) is 52.5 Å². The van der Waals surface area contributed by atoms with Crippen LogP contribution in [0.3, 0.4) is 0 Å². The molecule has 94 valence electrons. The zero-order chi connectivity index (χ0) is 13.9. The summed E-state index contributed by atoms with van der Waals surface area (Å²) < 4.78 is 1.92. The van der Waals surface area contributed by atoms with E-state index in [1.54, 1.807) is 0 Å². The average Bonchev–Trinajstić information content (AvgIpc) is 2.82. The molecule has 3 aromatic rings. The molecule has 3 nitrogen and oxygen atoms in total. The van der Waals surface area contributed by atoms with E-state index < -0.39 is 0 Å². The van der Waals surface area contributed by atoms with E-state index in [9.17, 15) is 5.26 Å². The van der Waals surface area contributed by atoms with Crippen LogP contribution >= 0.6 is 0 Å². The van der Waals surface area contributed by atoms with Crippen molar-refractivity contribution in [3.05, 3.63) is 65.9 Å². The van der Waals surface area contributed by atoms with Crippen LogP contribution in [-0.2, 0) is 6.42 Å². The Bertz CT molecular complexity index is 846. The Labute approximate surface area is 116 Å². The fraction of sp³-hybridized carbons (Fsp3) is 0.0588. The van der Waals surface area contributed by atoms with Crippen molar-refractivity contribution in [2.45, 2.75) is 6.42 Å². The van der Waals surface area contributed by atoms with Gasteiger partial charge in [0.15, 0.2) is 0 Å². The molecule has 20 heavy (non-hydrogen) atoms. The SMILES string of the molecule is N#CCc1c(C#N)n(-c2ccccc2)c2ccccc12. The van der Waals surface area contributed by atoms with Gasteiger partial charge in [0.2, 0.25) is 0 Å². The summed E-state index contributed by atoms with van der Waals surface area (Å²) in [6.45, 7) is 0. The minimum absolute atomic E-state index is 0.239. The third-order valence-electron chi connectivity index (χ3n) is 3.36. The Hall–Kier alpha value is -3.04. The maximum absolute atomic E-state index is 9.51. The number of nitriles is 2. The minimum atomic E-state index is 0.239. The second kappa shape index (κ2) is 4.91. The van der Waals surface area contributed by atoms with E-state index in [0.29, 0.717) is 5.69 Å². The lowest BCUT2D eigenvalue weighted by Gasteiger charge is -2.06. The van der Waals surface area contributed by atoms with Gasteiger partial charge in [0, 0.05) is 16.6 Å². The highest BCUT2D eigenvalue weighted by molar-refractivity contribution is 5.88. The summed E-state index contributed by atoms with van der Waals surface area (Å²) in [5, 5.41) is 19.5. The first-order chi connectivity index (χ1) is 9.86. The number of hydrogen-bond donors (Lipinski definition) is 0. The van der Waals surface area contributed by atoms with Gasteiger partial charge in [0.1, 0.15) is 11.8 Å². The molecule has 3 heteroatoms. The summed E-state index contributed by atoms with van der Waals surface area (Å²) in [4.78, 5) is 0. The first kappa shape index (κ1) is 12.0. The van der Waals surface area contributed by atoms with E-state index in [-0.39, 0.29) is 6.42 Å². The summed E-state index contributed by atoms with van der Waals surface area (Å²) in [5.74, 6) is 0. The summed E-state index contributed by atoms with van der Waals surface area (Å²) in [5.41, 5.74) is 3.23. The molecule has 0 N–H and O–H groups in total. The van der Waals surface area contributed by atoms with Crippen molar-refractivity contribution in [2.75, 3.05) is 0 Å². The van der Waals surface area contributed by atoms with Gasteiger partial charge in [-0.25, -0.2) is 0 Å². The first-order valence-electron chi connectivity index (χ1n) is 6.31. The van der Waals surface area contributed by atoms with E-state index in [0.717, 1.165) is 22.2 Å². The highest BCUT2D eigenvalue weighted by Crippen LogP contribution is 2.29. The van der Waals surface area contributed by atoms with Crippen LogP contribution in [0.2, 0.25) is 0 Å². The maximum Gasteiger partial charge on any atom is 0.130 e. The van der Waals surface area contributed by atoms with E-state index in [1.807, 2.05) is 59.2 Å². The first-order valence-corrected chi connectivity index (χ1v) is 6.31. The quantitative estimate of drug-likeness (QED) is 0.704. The third-order valence-corrected chi connectivity index (χ3v) is 3.36. The molecule has 1 heterocycles. The Morgan fingerprint density at radius 1 is 0.900 bits per heavy atom. The molecule has 0 unspecified atom stereocenters. The molecule has 0 bridgehead atoms. The highest BCUT2D eigenvalue weighted by Gasteiger charge is 2.17. The molecule has 0 atom stereocenters. The molecule has 0 saturated carbocycles. The highest BCUT2D eigenvalue weighted by atomic mass is 15.0. The van der Waals surface area contributed by atoms with Crippen molar-refractivity contribution in [2.24, 2.45) is 0 Å². The fourth-order valence-corrected chi connectivity index (χ4v) is 2.53. The van der Waals surface area contributed by atoms with Gasteiger partial charge in [0.25, 0.3) is 0 Å². The predicted molar refractivity (Wildman–Crippen MR) is 77.3 cm³/mol. The number of aromatic nitrogens is 1. The number of para-hydroxylation sites is 2. The Balaban J connectivity index is 2.43. The minimum Gasteiger partial charge on any atom is -0.301 e. The van der Waals surface area contributed by atoms with Gasteiger partial charge >= 0.3 is 0 Å². The molecular formula is C17H11N3. The number of benzene rings is 2. The van der Waals surface area contributed by atoms with Gasteiger partial charge in [-0.15, -0.1) is 0 Å². The lowest BCUT2D eigenvalue weighted by molar-refractivity contribution is 1.07. The van der Waals surface area contributed by atoms with Crippen molar-refractivity contribution in [3.63, 3.8) is 0 Å². The molecule has 0 radical (unpaired) electrons. The number of nitrogens with zero attached hydrogens (tertiary/aromatic N) is 3. The number of rotatable bonds is 2. The van der Waals surface area contributed by atoms with E-state index in [4.69, 9.17) is 5.26 Å². The maximum atomic E-state index is 9.51. The fourth-order valence-electron chi connectivity index (χ4n) is 2.53. The van der Waals surface area contributed by atoms with Crippen LogP contribution in [-0.4, -0.2) is 4.57 Å². The van der Waals surface area contributed by atoms with Gasteiger partial charge in [-0.05, 0) is 18.2 Å². The van der Waals surface area contributed by atoms with Gasteiger partial charge in [-0.3, -0.25) is 0 Å². The molecule has 3 rings (SSSR count). The molecule has 2 aromatic carbocycles. The lowest BCUT2D eigenvalue weighted by Crippen LogP contribution is -1.98. The zero-order valence-corrected chi connectivity index (χ0v) is 10.7. The van der Waals surface area contributed by atoms with Crippen LogP contribution in [0.25, 0.3) is 16.6 Å². The van der Waals surface area contributed by atoms with E-state index in [2.05, 4.69) is 12.1 Å². The number of fused-ring (bicyclic) bond motifs is 1. The molecule has 0 aliphatic rings. The average molecular weight is 257 g/mol. The standard InChI is InChI=1S/C17H11N3/c18-11-10-15-14-8-4-5-9-16(14)20(17(15)12-19)13-6-2-1-3-7-13/h1-9H,10H2. The summed E-state index contributed by atoms with van der Waals surface area (Å²) in [6, 6.07) is 22.0. The Morgan fingerprint density at radius 2 is 1.60 bits per heavy atom. The summed E-state index contributed by atoms with van der Waals surface area (Å²) in [7, 11) is 0. The third kappa shape index (κ3) is 1.74. The Kier molecular flexibility index (Phi) is 2.95. The van der Waals surface area contributed by atoms with Crippen molar-refractivity contribution in [3.8, 4) is 17.8 Å². The molecule has 0 saturated heterocycles. The predicted octanol–water partition coefficient (Wildman–Crippen LogP) is 3.57. The second-order valence-electron chi connectivity index (χ2n) is 4.46. The molecule has 0 fully saturated rings. The molecule has 0 amide bonds. The Morgan fingerprint density at radius 3 is 2.30 bits per heavy atom. The van der Waals surface area contributed by atoms with Crippen LogP contribution in [0.5, 0.6) is 0 Å². The zero-order valence-electron chi connectivity index (χ0n) is 10.7. The van der Waals surface area contributed by atoms with Crippen molar-refractivity contribution in [1.82, 2.24) is 4.57 Å². The van der Waals surface area contributed by atoms with Gasteiger partial charge < -0.3 is 4.57 Å². The lowest BCUT2D eigenvalue weighted by atomic mass is 10.1. The molecule has 0 aliphatic carbocycles. The summed E-state index contributed by atoms with van der Waals surface area (Å²) in [6.07, 6.45) is 0.239. The molecule has 1 aromatic heterocycles. The second-order valence-corrected chi connectivity index (χ2v) is 4.46. The van der Waals surface area contributed by atoms with Crippen molar-refractivity contribution in [1.29, 1.82) is 10.5 Å². The molecular weight excluding hydrogens is 246 g/mol. The van der Waals surface area contributed by atoms with Crippen LogP contribution in [0.1, 0.15) is 11.3 Å². The van der Waals surface area contributed by atoms with Crippen LogP contribution in [0.15, 0.2) is 54.6 Å². The van der Waals surface area contributed by atoms with Gasteiger partial charge in [0.05, 0.1) is 18.0 Å².